The Morgan fingerprint density at radius 1 is 1.06 bits per heavy atom. The van der Waals surface area contributed by atoms with Crippen molar-refractivity contribution in [1.82, 2.24) is 10.1 Å². The third-order valence-corrected chi connectivity index (χ3v) is 6.05. The van der Waals surface area contributed by atoms with Crippen LogP contribution in [0.15, 0.2) is 77.3 Å². The first-order chi connectivity index (χ1) is 17.0. The van der Waals surface area contributed by atoms with Gasteiger partial charge in [0.15, 0.2) is 0 Å². The van der Waals surface area contributed by atoms with Gasteiger partial charge in [0.05, 0.1) is 13.0 Å². The normalized spacial score (nSPS) is 15.3. The molecule has 1 aliphatic rings. The van der Waals surface area contributed by atoms with Gasteiger partial charge in [-0.25, -0.2) is 0 Å². The molecule has 1 aromatic heterocycles. The van der Waals surface area contributed by atoms with E-state index in [2.05, 4.69) is 15.5 Å². The third kappa shape index (κ3) is 4.63. The van der Waals surface area contributed by atoms with Crippen molar-refractivity contribution in [2.24, 2.45) is 5.92 Å². The standard InChI is InChI=1S/C27H24N4O4/c1-17-6-3-4-9-23(17)31-16-20(15-24(31)32)26(33)28-21-8-5-7-19(14-21)27-29-25(30-35-27)18-10-12-22(34-2)13-11-18/h3-14,20H,15-16H2,1-2H3,(H,28,33). The van der Waals surface area contributed by atoms with Crippen molar-refractivity contribution >= 4 is 23.2 Å². The number of aryl methyl sites for hydroxylation is 1. The highest BCUT2D eigenvalue weighted by molar-refractivity contribution is 6.04. The summed E-state index contributed by atoms with van der Waals surface area (Å²) in [5.74, 6) is 0.857. The summed E-state index contributed by atoms with van der Waals surface area (Å²) in [5.41, 5.74) is 3.92. The van der Waals surface area contributed by atoms with Crippen LogP contribution in [0.1, 0.15) is 12.0 Å². The second-order valence-electron chi connectivity index (χ2n) is 8.41. The first-order valence-corrected chi connectivity index (χ1v) is 11.3. The Kier molecular flexibility index (Phi) is 6.01. The van der Waals surface area contributed by atoms with Gasteiger partial charge in [-0.2, -0.15) is 4.98 Å². The minimum Gasteiger partial charge on any atom is -0.497 e. The van der Waals surface area contributed by atoms with Gasteiger partial charge < -0.3 is 19.5 Å². The molecule has 8 nitrogen and oxygen atoms in total. The van der Waals surface area contributed by atoms with Crippen LogP contribution in [0.25, 0.3) is 22.8 Å². The van der Waals surface area contributed by atoms with Crippen molar-refractivity contribution in [2.45, 2.75) is 13.3 Å². The molecule has 1 atom stereocenters. The monoisotopic (exact) mass is 468 g/mol. The average molecular weight is 469 g/mol. The van der Waals surface area contributed by atoms with Gasteiger partial charge in [-0.1, -0.05) is 29.4 Å². The van der Waals surface area contributed by atoms with Gasteiger partial charge in [-0.05, 0) is 61.0 Å². The largest absolute Gasteiger partial charge is 0.497 e. The number of para-hydroxylation sites is 1. The second-order valence-corrected chi connectivity index (χ2v) is 8.41. The van der Waals surface area contributed by atoms with E-state index in [0.717, 1.165) is 22.6 Å². The van der Waals surface area contributed by atoms with E-state index in [9.17, 15) is 9.59 Å². The highest BCUT2D eigenvalue weighted by Gasteiger charge is 2.35. The number of anilines is 2. The number of amides is 2. The Morgan fingerprint density at radius 3 is 2.63 bits per heavy atom. The quantitative estimate of drug-likeness (QED) is 0.440. The molecular formula is C27H24N4O4. The van der Waals surface area contributed by atoms with Gasteiger partial charge in [0.1, 0.15) is 5.75 Å². The summed E-state index contributed by atoms with van der Waals surface area (Å²) in [5, 5.41) is 7.00. The Hall–Kier alpha value is -4.46. The van der Waals surface area contributed by atoms with Crippen LogP contribution in [0.3, 0.4) is 0 Å². The second kappa shape index (κ2) is 9.42. The van der Waals surface area contributed by atoms with Crippen LogP contribution < -0.4 is 15.0 Å². The maximum Gasteiger partial charge on any atom is 0.258 e. The van der Waals surface area contributed by atoms with Gasteiger partial charge in [0.25, 0.3) is 5.89 Å². The van der Waals surface area contributed by atoms with Crippen LogP contribution in [0.2, 0.25) is 0 Å². The number of hydrogen-bond donors (Lipinski definition) is 1. The summed E-state index contributed by atoms with van der Waals surface area (Å²) in [6.07, 6.45) is 0.175. The molecule has 4 aromatic rings. The zero-order valence-electron chi connectivity index (χ0n) is 19.4. The van der Waals surface area contributed by atoms with E-state index < -0.39 is 5.92 Å². The Balaban J connectivity index is 1.28. The Morgan fingerprint density at radius 2 is 1.86 bits per heavy atom. The van der Waals surface area contributed by atoms with Gasteiger partial charge in [-0.15, -0.1) is 0 Å². The highest BCUT2D eigenvalue weighted by atomic mass is 16.5. The number of nitrogens with one attached hydrogen (secondary N) is 1. The van der Waals surface area contributed by atoms with E-state index in [4.69, 9.17) is 9.26 Å². The van der Waals surface area contributed by atoms with E-state index in [-0.39, 0.29) is 18.2 Å². The Bertz CT molecular complexity index is 1380. The number of ether oxygens (including phenoxy) is 1. The van der Waals surface area contributed by atoms with Crippen LogP contribution in [-0.4, -0.2) is 35.6 Å². The predicted molar refractivity (Wildman–Crippen MR) is 132 cm³/mol. The number of carbonyl (C=O) groups is 2. The lowest BCUT2D eigenvalue weighted by Crippen LogP contribution is -2.28. The molecule has 5 rings (SSSR count). The predicted octanol–water partition coefficient (Wildman–Crippen LogP) is 4.71. The van der Waals surface area contributed by atoms with E-state index in [0.29, 0.717) is 29.5 Å². The fraction of sp³-hybridized carbons (Fsp3) is 0.185. The average Bonchev–Trinajstić information content (AvgIpc) is 3.52. The molecule has 2 heterocycles. The molecule has 0 aliphatic carbocycles. The molecule has 176 valence electrons. The zero-order chi connectivity index (χ0) is 24.4. The van der Waals surface area contributed by atoms with Gasteiger partial charge in [-0.3, -0.25) is 9.59 Å². The number of methoxy groups -OCH3 is 1. The molecule has 1 aliphatic heterocycles. The van der Waals surface area contributed by atoms with E-state index >= 15 is 0 Å². The first kappa shape index (κ1) is 22.3. The van der Waals surface area contributed by atoms with Gasteiger partial charge in [0, 0.05) is 35.5 Å². The van der Waals surface area contributed by atoms with Gasteiger partial charge in [0.2, 0.25) is 17.6 Å². The summed E-state index contributed by atoms with van der Waals surface area (Å²) in [4.78, 5) is 31.7. The number of rotatable bonds is 6. The lowest BCUT2D eigenvalue weighted by molar-refractivity contribution is -0.122. The SMILES string of the molecule is COc1ccc(-c2noc(-c3cccc(NC(=O)C4CC(=O)N(c5ccccc5C)C4)c3)n2)cc1. The summed E-state index contributed by atoms with van der Waals surface area (Å²) in [7, 11) is 1.61. The topological polar surface area (TPSA) is 97.6 Å². The summed E-state index contributed by atoms with van der Waals surface area (Å²) >= 11 is 0. The number of nitrogens with zero attached hydrogens (tertiary/aromatic N) is 3. The summed E-state index contributed by atoms with van der Waals surface area (Å²) in [6, 6.07) is 22.3. The molecule has 3 aromatic carbocycles. The lowest BCUT2D eigenvalue weighted by atomic mass is 10.1. The smallest absolute Gasteiger partial charge is 0.258 e. The van der Waals surface area contributed by atoms with Crippen LogP contribution in [0.5, 0.6) is 5.75 Å². The van der Waals surface area contributed by atoms with Crippen molar-refractivity contribution in [3.05, 3.63) is 78.4 Å². The van der Waals surface area contributed by atoms with Crippen LogP contribution in [-0.2, 0) is 9.59 Å². The van der Waals surface area contributed by atoms with Crippen molar-refractivity contribution in [3.63, 3.8) is 0 Å². The van der Waals surface area contributed by atoms with Crippen LogP contribution in [0.4, 0.5) is 11.4 Å². The van der Waals surface area contributed by atoms with Crippen molar-refractivity contribution in [2.75, 3.05) is 23.9 Å². The molecule has 35 heavy (non-hydrogen) atoms. The van der Waals surface area contributed by atoms with Crippen molar-refractivity contribution in [1.29, 1.82) is 0 Å². The first-order valence-electron chi connectivity index (χ1n) is 11.3. The maximum absolute atomic E-state index is 13.0. The number of benzene rings is 3. The maximum atomic E-state index is 13.0. The fourth-order valence-electron chi connectivity index (χ4n) is 4.15. The van der Waals surface area contributed by atoms with Crippen molar-refractivity contribution in [3.8, 4) is 28.6 Å². The molecule has 2 amide bonds. The minimum absolute atomic E-state index is 0.0508. The molecule has 1 unspecified atom stereocenters. The zero-order valence-corrected chi connectivity index (χ0v) is 19.4. The van der Waals surface area contributed by atoms with E-state index in [1.807, 2.05) is 67.6 Å². The van der Waals surface area contributed by atoms with E-state index in [1.165, 1.54) is 0 Å². The fourth-order valence-corrected chi connectivity index (χ4v) is 4.15. The molecule has 1 N–H and O–H groups in total. The summed E-state index contributed by atoms with van der Waals surface area (Å²) in [6.45, 7) is 2.31. The van der Waals surface area contributed by atoms with Crippen molar-refractivity contribution < 1.29 is 18.8 Å². The molecule has 0 spiro atoms. The number of hydrogen-bond acceptors (Lipinski definition) is 6. The third-order valence-electron chi connectivity index (χ3n) is 6.05. The highest BCUT2D eigenvalue weighted by Crippen LogP contribution is 2.29. The number of aromatic nitrogens is 2. The summed E-state index contributed by atoms with van der Waals surface area (Å²) < 4.78 is 10.6. The Labute approximate surface area is 202 Å². The molecule has 0 saturated carbocycles. The molecule has 1 fully saturated rings. The number of carbonyl (C=O) groups excluding carboxylic acids is 2. The minimum atomic E-state index is -0.434. The van der Waals surface area contributed by atoms with Crippen LogP contribution >= 0.6 is 0 Å². The molecule has 1 saturated heterocycles. The molecule has 8 heteroatoms. The molecular weight excluding hydrogens is 444 g/mol. The molecule has 0 bridgehead atoms. The lowest BCUT2D eigenvalue weighted by Gasteiger charge is -2.19. The van der Waals surface area contributed by atoms with Crippen LogP contribution in [0, 0.1) is 12.8 Å². The van der Waals surface area contributed by atoms with E-state index in [1.54, 1.807) is 24.1 Å². The van der Waals surface area contributed by atoms with Gasteiger partial charge >= 0.3 is 0 Å². The molecule has 0 radical (unpaired) electrons.